The Balaban J connectivity index is 2.01. The van der Waals surface area contributed by atoms with E-state index in [1.165, 1.54) is 4.90 Å². The molecule has 1 amide bonds. The molecule has 0 spiro atoms. The summed E-state index contributed by atoms with van der Waals surface area (Å²) in [5.41, 5.74) is 1.21. The number of hydrogen-bond acceptors (Lipinski definition) is 3. The Kier molecular flexibility index (Phi) is 1.67. The Hall–Kier alpha value is -1.68. The van der Waals surface area contributed by atoms with Gasteiger partial charge in [0.25, 0.3) is 11.7 Å². The van der Waals surface area contributed by atoms with E-state index in [-0.39, 0.29) is 6.10 Å². The minimum Gasteiger partial charge on any atom is -0.371 e. The Morgan fingerprint density at radius 3 is 2.80 bits per heavy atom. The van der Waals surface area contributed by atoms with Crippen LogP contribution in [0.3, 0.4) is 0 Å². The number of amides is 1. The summed E-state index contributed by atoms with van der Waals surface area (Å²) in [4.78, 5) is 24.7. The van der Waals surface area contributed by atoms with Crippen molar-refractivity contribution in [2.75, 3.05) is 18.1 Å². The number of epoxide rings is 1. The first-order chi connectivity index (χ1) is 7.27. The number of ketones is 1. The van der Waals surface area contributed by atoms with E-state index < -0.39 is 11.7 Å². The van der Waals surface area contributed by atoms with Crippen LogP contribution in [0.5, 0.6) is 0 Å². The summed E-state index contributed by atoms with van der Waals surface area (Å²) in [6, 6.07) is 7.07. The van der Waals surface area contributed by atoms with Gasteiger partial charge >= 0.3 is 0 Å². The maximum absolute atomic E-state index is 11.6. The van der Waals surface area contributed by atoms with Crippen LogP contribution in [-0.4, -0.2) is 30.9 Å². The molecule has 1 aromatic rings. The zero-order valence-corrected chi connectivity index (χ0v) is 7.97. The fourth-order valence-corrected chi connectivity index (χ4v) is 1.81. The summed E-state index contributed by atoms with van der Waals surface area (Å²) in [5, 5.41) is 0. The predicted molar refractivity (Wildman–Crippen MR) is 52.9 cm³/mol. The third-order valence-corrected chi connectivity index (χ3v) is 2.67. The molecule has 15 heavy (non-hydrogen) atoms. The lowest BCUT2D eigenvalue weighted by Crippen LogP contribution is -2.33. The average molecular weight is 203 g/mol. The minimum atomic E-state index is -0.438. The number of carbonyl (C=O) groups excluding carboxylic acids is 2. The molecule has 1 saturated heterocycles. The summed E-state index contributed by atoms with van der Waals surface area (Å²) in [7, 11) is 0. The van der Waals surface area contributed by atoms with Crippen molar-refractivity contribution in [1.82, 2.24) is 0 Å². The molecule has 1 atom stereocenters. The number of fused-ring (bicyclic) bond motifs is 1. The highest BCUT2D eigenvalue weighted by molar-refractivity contribution is 6.52. The van der Waals surface area contributed by atoms with Gasteiger partial charge in [0.2, 0.25) is 0 Å². The molecule has 2 aliphatic rings. The molecule has 76 valence electrons. The van der Waals surface area contributed by atoms with Crippen molar-refractivity contribution in [3.8, 4) is 0 Å². The van der Waals surface area contributed by atoms with Gasteiger partial charge in [-0.3, -0.25) is 9.59 Å². The van der Waals surface area contributed by atoms with Gasteiger partial charge in [-0.05, 0) is 12.1 Å². The van der Waals surface area contributed by atoms with Crippen molar-refractivity contribution in [2.24, 2.45) is 0 Å². The molecular weight excluding hydrogens is 194 g/mol. The van der Waals surface area contributed by atoms with Crippen molar-refractivity contribution in [1.29, 1.82) is 0 Å². The van der Waals surface area contributed by atoms with Gasteiger partial charge in [-0.25, -0.2) is 0 Å². The van der Waals surface area contributed by atoms with Crippen LogP contribution >= 0.6 is 0 Å². The predicted octanol–water partition coefficient (Wildman–Crippen LogP) is 0.615. The quantitative estimate of drug-likeness (QED) is 0.523. The molecule has 1 fully saturated rings. The van der Waals surface area contributed by atoms with Crippen LogP contribution in [-0.2, 0) is 9.53 Å². The highest BCUT2D eigenvalue weighted by Crippen LogP contribution is 2.29. The van der Waals surface area contributed by atoms with Crippen LogP contribution < -0.4 is 4.90 Å². The highest BCUT2D eigenvalue weighted by Gasteiger charge is 2.38. The van der Waals surface area contributed by atoms with Crippen LogP contribution in [0.4, 0.5) is 5.69 Å². The van der Waals surface area contributed by atoms with E-state index in [0.29, 0.717) is 24.4 Å². The lowest BCUT2D eigenvalue weighted by molar-refractivity contribution is -0.114. The summed E-state index contributed by atoms with van der Waals surface area (Å²) in [6.07, 6.45) is 0.105. The molecule has 0 saturated carbocycles. The van der Waals surface area contributed by atoms with Gasteiger partial charge in [0.1, 0.15) is 0 Å². The first kappa shape index (κ1) is 8.61. The second kappa shape index (κ2) is 2.90. The molecule has 0 unspecified atom stereocenters. The van der Waals surface area contributed by atoms with Crippen LogP contribution in [0.1, 0.15) is 10.4 Å². The molecule has 3 rings (SSSR count). The smallest absolute Gasteiger partial charge is 0.299 e. The van der Waals surface area contributed by atoms with E-state index in [4.69, 9.17) is 4.74 Å². The number of Topliss-reactive ketones (excluding diaryl/α,β-unsaturated/α-hetero) is 1. The monoisotopic (exact) mass is 203 g/mol. The maximum atomic E-state index is 11.6. The third-order valence-electron chi connectivity index (χ3n) is 2.67. The second-order valence-corrected chi connectivity index (χ2v) is 3.72. The normalized spacial score (nSPS) is 23.2. The Morgan fingerprint density at radius 2 is 2.07 bits per heavy atom. The van der Waals surface area contributed by atoms with Crippen LogP contribution in [0.2, 0.25) is 0 Å². The number of hydrogen-bond donors (Lipinski definition) is 0. The summed E-state index contributed by atoms with van der Waals surface area (Å²) < 4.78 is 5.06. The Bertz CT molecular complexity index is 451. The van der Waals surface area contributed by atoms with Crippen molar-refractivity contribution >= 4 is 17.4 Å². The fraction of sp³-hybridized carbons (Fsp3) is 0.273. The van der Waals surface area contributed by atoms with Gasteiger partial charge in [0, 0.05) is 0 Å². The standard InChI is InChI=1S/C11H9NO3/c13-10-8-3-1-2-4-9(8)12(11(10)14)5-7-6-15-7/h1-4,7H,5-6H2/t7-/m0/s1. The van der Waals surface area contributed by atoms with Gasteiger partial charge in [-0.1, -0.05) is 12.1 Å². The molecule has 0 bridgehead atoms. The molecular formula is C11H9NO3. The van der Waals surface area contributed by atoms with E-state index in [1.54, 1.807) is 18.2 Å². The van der Waals surface area contributed by atoms with Crippen LogP contribution in [0.25, 0.3) is 0 Å². The Morgan fingerprint density at radius 1 is 1.33 bits per heavy atom. The van der Waals surface area contributed by atoms with E-state index in [9.17, 15) is 9.59 Å². The number of benzene rings is 1. The molecule has 2 aliphatic heterocycles. The summed E-state index contributed by atoms with van der Waals surface area (Å²) >= 11 is 0. The number of rotatable bonds is 2. The largest absolute Gasteiger partial charge is 0.371 e. The van der Waals surface area contributed by atoms with Crippen LogP contribution in [0, 0.1) is 0 Å². The van der Waals surface area contributed by atoms with Gasteiger partial charge in [-0.15, -0.1) is 0 Å². The SMILES string of the molecule is O=C1C(=O)N(C[C@H]2CO2)c2ccccc21. The molecule has 0 radical (unpaired) electrons. The average Bonchev–Trinajstić information content (AvgIpc) is 3.04. The number of carbonyl (C=O) groups is 2. The highest BCUT2D eigenvalue weighted by atomic mass is 16.6. The number of anilines is 1. The first-order valence-corrected chi connectivity index (χ1v) is 4.84. The lowest BCUT2D eigenvalue weighted by Gasteiger charge is -2.14. The molecule has 4 nitrogen and oxygen atoms in total. The van der Waals surface area contributed by atoms with Gasteiger partial charge in [0.05, 0.1) is 30.5 Å². The zero-order chi connectivity index (χ0) is 10.4. The fourth-order valence-electron chi connectivity index (χ4n) is 1.81. The summed E-state index contributed by atoms with van der Waals surface area (Å²) in [6.45, 7) is 1.17. The molecule has 0 aromatic heterocycles. The zero-order valence-electron chi connectivity index (χ0n) is 7.97. The Labute approximate surface area is 86.4 Å². The van der Waals surface area contributed by atoms with Gasteiger partial charge in [-0.2, -0.15) is 0 Å². The first-order valence-electron chi connectivity index (χ1n) is 4.84. The van der Waals surface area contributed by atoms with E-state index in [1.807, 2.05) is 6.07 Å². The van der Waals surface area contributed by atoms with E-state index in [2.05, 4.69) is 0 Å². The topological polar surface area (TPSA) is 49.9 Å². The molecule has 2 heterocycles. The van der Waals surface area contributed by atoms with Gasteiger partial charge < -0.3 is 9.64 Å². The van der Waals surface area contributed by atoms with Gasteiger partial charge in [0.15, 0.2) is 0 Å². The third kappa shape index (κ3) is 1.26. The number of ether oxygens (including phenoxy) is 1. The maximum Gasteiger partial charge on any atom is 0.299 e. The van der Waals surface area contributed by atoms with Crippen molar-refractivity contribution in [3.05, 3.63) is 29.8 Å². The van der Waals surface area contributed by atoms with Crippen molar-refractivity contribution in [3.63, 3.8) is 0 Å². The number of nitrogens with zero attached hydrogens (tertiary/aromatic N) is 1. The van der Waals surface area contributed by atoms with Crippen LogP contribution in [0.15, 0.2) is 24.3 Å². The van der Waals surface area contributed by atoms with Crippen molar-refractivity contribution in [2.45, 2.75) is 6.10 Å². The summed E-state index contributed by atoms with van der Waals surface area (Å²) in [5.74, 6) is -0.849. The molecule has 0 N–H and O–H groups in total. The molecule has 4 heteroatoms. The molecule has 1 aromatic carbocycles. The number of para-hydroxylation sites is 1. The molecule has 0 aliphatic carbocycles. The lowest BCUT2D eigenvalue weighted by atomic mass is 10.1. The second-order valence-electron chi connectivity index (χ2n) is 3.72. The van der Waals surface area contributed by atoms with E-state index in [0.717, 1.165) is 0 Å². The van der Waals surface area contributed by atoms with Crippen molar-refractivity contribution < 1.29 is 14.3 Å². The minimum absolute atomic E-state index is 0.105. The van der Waals surface area contributed by atoms with E-state index >= 15 is 0 Å².